The number of imidazole rings is 1. The lowest BCUT2D eigenvalue weighted by Crippen LogP contribution is -2.08. The summed E-state index contributed by atoms with van der Waals surface area (Å²) in [5, 5.41) is 0. The Morgan fingerprint density at radius 1 is 1.50 bits per heavy atom. The second kappa shape index (κ2) is 3.85. The van der Waals surface area contributed by atoms with Gasteiger partial charge in [0.15, 0.2) is 5.58 Å². The average molecular weight is 244 g/mol. The second-order valence-electron chi connectivity index (χ2n) is 4.04. The van der Waals surface area contributed by atoms with Gasteiger partial charge in [-0.2, -0.15) is 0 Å². The highest BCUT2D eigenvalue weighted by Crippen LogP contribution is 2.24. The Kier molecular flexibility index (Phi) is 2.31. The highest BCUT2D eigenvalue weighted by molar-refractivity contribution is 5.80. The second-order valence-corrected chi connectivity index (χ2v) is 4.04. The van der Waals surface area contributed by atoms with Gasteiger partial charge in [0.2, 0.25) is 0 Å². The van der Waals surface area contributed by atoms with E-state index >= 15 is 0 Å². The van der Waals surface area contributed by atoms with Crippen molar-refractivity contribution in [2.45, 2.75) is 6.54 Å². The molecule has 0 saturated heterocycles. The lowest BCUT2D eigenvalue weighted by atomic mass is 10.1. The van der Waals surface area contributed by atoms with Gasteiger partial charge in [-0.25, -0.2) is 9.78 Å². The molecule has 92 valence electrons. The Morgan fingerprint density at radius 2 is 2.33 bits per heavy atom. The molecule has 6 heteroatoms. The van der Waals surface area contributed by atoms with Gasteiger partial charge in [-0.3, -0.25) is 4.57 Å². The third-order valence-electron chi connectivity index (χ3n) is 2.99. The van der Waals surface area contributed by atoms with E-state index in [1.807, 2.05) is 12.1 Å². The van der Waals surface area contributed by atoms with Crippen molar-refractivity contribution in [3.8, 4) is 11.3 Å². The zero-order valence-electron chi connectivity index (χ0n) is 9.80. The fraction of sp³-hybridized carbons (Fsp3) is 0.167. The van der Waals surface area contributed by atoms with Gasteiger partial charge < -0.3 is 15.1 Å². The number of aryl methyl sites for hydroxylation is 1. The van der Waals surface area contributed by atoms with Gasteiger partial charge in [0.25, 0.3) is 0 Å². The van der Waals surface area contributed by atoms with Gasteiger partial charge >= 0.3 is 5.76 Å². The number of H-pyrrole nitrogens is 1. The van der Waals surface area contributed by atoms with Crippen molar-refractivity contribution in [2.75, 3.05) is 0 Å². The number of rotatable bonds is 2. The van der Waals surface area contributed by atoms with Crippen molar-refractivity contribution >= 4 is 11.1 Å². The first-order valence-corrected chi connectivity index (χ1v) is 5.53. The first kappa shape index (κ1) is 10.8. The van der Waals surface area contributed by atoms with Crippen LogP contribution in [0, 0.1) is 0 Å². The van der Waals surface area contributed by atoms with Crippen LogP contribution in [0.3, 0.4) is 0 Å². The van der Waals surface area contributed by atoms with Crippen LogP contribution in [0.5, 0.6) is 0 Å². The van der Waals surface area contributed by atoms with Crippen LogP contribution >= 0.6 is 0 Å². The van der Waals surface area contributed by atoms with Crippen LogP contribution in [0.1, 0.15) is 5.69 Å². The zero-order valence-corrected chi connectivity index (χ0v) is 9.80. The molecule has 3 aromatic rings. The summed E-state index contributed by atoms with van der Waals surface area (Å²) in [5.41, 5.74) is 9.44. The monoisotopic (exact) mass is 244 g/mol. The Morgan fingerprint density at radius 3 is 3.11 bits per heavy atom. The lowest BCUT2D eigenvalue weighted by molar-refractivity contribution is 0.528. The summed E-state index contributed by atoms with van der Waals surface area (Å²) in [6, 6.07) is 5.53. The van der Waals surface area contributed by atoms with Gasteiger partial charge in [0.1, 0.15) is 0 Å². The molecule has 2 aromatic heterocycles. The Hall–Kier alpha value is -2.34. The van der Waals surface area contributed by atoms with Crippen LogP contribution in [0.2, 0.25) is 0 Å². The zero-order chi connectivity index (χ0) is 12.7. The number of aromatic amines is 1. The number of benzene rings is 1. The predicted molar refractivity (Wildman–Crippen MR) is 66.9 cm³/mol. The number of nitrogens with zero attached hydrogens (tertiary/aromatic N) is 2. The summed E-state index contributed by atoms with van der Waals surface area (Å²) >= 11 is 0. The molecule has 2 heterocycles. The molecule has 0 aliphatic carbocycles. The molecule has 0 atom stereocenters. The third-order valence-corrected chi connectivity index (χ3v) is 2.99. The minimum absolute atomic E-state index is 0.372. The van der Waals surface area contributed by atoms with Crippen molar-refractivity contribution in [3.63, 3.8) is 0 Å². The van der Waals surface area contributed by atoms with Crippen LogP contribution in [-0.2, 0) is 13.6 Å². The summed E-state index contributed by atoms with van der Waals surface area (Å²) in [5.74, 6) is -0.372. The van der Waals surface area contributed by atoms with Crippen LogP contribution < -0.4 is 11.5 Å². The molecule has 0 fully saturated rings. The maximum Gasteiger partial charge on any atom is 0.419 e. The number of hydrogen-bond acceptors (Lipinski definition) is 4. The van der Waals surface area contributed by atoms with E-state index in [0.29, 0.717) is 12.1 Å². The van der Waals surface area contributed by atoms with Crippen LogP contribution in [0.25, 0.3) is 22.4 Å². The van der Waals surface area contributed by atoms with Crippen LogP contribution in [-0.4, -0.2) is 14.5 Å². The normalized spacial score (nSPS) is 11.2. The fourth-order valence-electron chi connectivity index (χ4n) is 2.01. The van der Waals surface area contributed by atoms with E-state index in [2.05, 4.69) is 9.97 Å². The largest absolute Gasteiger partial charge is 0.419 e. The highest BCUT2D eigenvalue weighted by Gasteiger charge is 2.11. The smallest absolute Gasteiger partial charge is 0.408 e. The SMILES string of the molecule is Cn1c(=O)oc2cc(-c3nc[nH]c3CN)ccc21. The first-order chi connectivity index (χ1) is 8.70. The van der Waals surface area contributed by atoms with E-state index in [-0.39, 0.29) is 5.76 Å². The Balaban J connectivity index is 2.22. The van der Waals surface area contributed by atoms with E-state index < -0.39 is 0 Å². The topological polar surface area (TPSA) is 89.8 Å². The Bertz CT molecular complexity index is 766. The lowest BCUT2D eigenvalue weighted by Gasteiger charge is -2.00. The van der Waals surface area contributed by atoms with E-state index in [1.165, 1.54) is 4.57 Å². The predicted octanol–water partition coefficient (Wildman–Crippen LogP) is 0.980. The molecule has 18 heavy (non-hydrogen) atoms. The molecule has 0 bridgehead atoms. The van der Waals surface area contributed by atoms with E-state index in [1.54, 1.807) is 19.4 Å². The van der Waals surface area contributed by atoms with Gasteiger partial charge in [-0.1, -0.05) is 6.07 Å². The fourth-order valence-corrected chi connectivity index (χ4v) is 2.01. The van der Waals surface area contributed by atoms with Gasteiger partial charge in [-0.15, -0.1) is 0 Å². The molecule has 3 rings (SSSR count). The van der Waals surface area contributed by atoms with Crippen molar-refractivity contribution in [3.05, 3.63) is 40.8 Å². The molecular formula is C12H12N4O2. The summed E-state index contributed by atoms with van der Waals surface area (Å²) in [6.45, 7) is 0.381. The molecule has 0 aliphatic rings. The summed E-state index contributed by atoms with van der Waals surface area (Å²) in [4.78, 5) is 18.6. The quantitative estimate of drug-likeness (QED) is 0.703. The third kappa shape index (κ3) is 1.46. The molecule has 0 radical (unpaired) electrons. The van der Waals surface area contributed by atoms with Crippen LogP contribution in [0.15, 0.2) is 33.7 Å². The van der Waals surface area contributed by atoms with E-state index in [0.717, 1.165) is 22.5 Å². The average Bonchev–Trinajstić information content (AvgIpc) is 2.95. The van der Waals surface area contributed by atoms with Gasteiger partial charge in [0.05, 0.1) is 23.2 Å². The van der Waals surface area contributed by atoms with Crippen molar-refractivity contribution < 1.29 is 4.42 Å². The minimum Gasteiger partial charge on any atom is -0.408 e. The van der Waals surface area contributed by atoms with Crippen molar-refractivity contribution in [1.29, 1.82) is 0 Å². The number of nitrogens with one attached hydrogen (secondary N) is 1. The molecule has 0 amide bonds. The van der Waals surface area contributed by atoms with Crippen molar-refractivity contribution in [2.24, 2.45) is 12.8 Å². The number of nitrogens with two attached hydrogens (primary N) is 1. The summed E-state index contributed by atoms with van der Waals surface area (Å²) in [6.07, 6.45) is 1.60. The number of aromatic nitrogens is 3. The maximum absolute atomic E-state index is 11.4. The van der Waals surface area contributed by atoms with E-state index in [4.69, 9.17) is 10.2 Å². The summed E-state index contributed by atoms with van der Waals surface area (Å²) < 4.78 is 6.61. The molecule has 0 unspecified atom stereocenters. The number of fused-ring (bicyclic) bond motifs is 1. The molecule has 0 spiro atoms. The Labute approximate surface area is 102 Å². The molecule has 0 saturated carbocycles. The first-order valence-electron chi connectivity index (χ1n) is 5.53. The standard InChI is InChI=1S/C12H12N4O2/c1-16-9-3-2-7(4-10(9)18-12(16)17)11-8(5-13)14-6-15-11/h2-4,6H,5,13H2,1H3,(H,14,15). The van der Waals surface area contributed by atoms with Gasteiger partial charge in [0, 0.05) is 19.2 Å². The minimum atomic E-state index is -0.372. The van der Waals surface area contributed by atoms with E-state index in [9.17, 15) is 4.79 Å². The number of oxazole rings is 1. The molecule has 1 aromatic carbocycles. The van der Waals surface area contributed by atoms with Crippen molar-refractivity contribution in [1.82, 2.24) is 14.5 Å². The molecular weight excluding hydrogens is 232 g/mol. The highest BCUT2D eigenvalue weighted by atomic mass is 16.4. The molecule has 3 N–H and O–H groups in total. The molecule has 6 nitrogen and oxygen atoms in total. The van der Waals surface area contributed by atoms with Gasteiger partial charge in [-0.05, 0) is 12.1 Å². The maximum atomic E-state index is 11.4. The number of hydrogen-bond donors (Lipinski definition) is 2. The molecule has 0 aliphatic heterocycles. The summed E-state index contributed by atoms with van der Waals surface area (Å²) in [7, 11) is 1.67. The van der Waals surface area contributed by atoms with Crippen LogP contribution in [0.4, 0.5) is 0 Å².